The Bertz CT molecular complexity index is 1300. The summed E-state index contributed by atoms with van der Waals surface area (Å²) in [5.74, 6) is 0.956. The van der Waals surface area contributed by atoms with Crippen LogP contribution in [0.1, 0.15) is 25.0 Å². The van der Waals surface area contributed by atoms with E-state index in [1.165, 1.54) is 38.6 Å². The van der Waals surface area contributed by atoms with Crippen molar-refractivity contribution < 1.29 is 4.74 Å². The summed E-state index contributed by atoms with van der Waals surface area (Å²) >= 11 is 0. The van der Waals surface area contributed by atoms with Crippen LogP contribution in [0.2, 0.25) is 0 Å². The maximum absolute atomic E-state index is 5.04. The van der Waals surface area contributed by atoms with Crippen molar-refractivity contribution in [3.05, 3.63) is 108 Å². The van der Waals surface area contributed by atoms with Crippen LogP contribution in [-0.2, 0) is 6.54 Å². The number of nitrogens with zero attached hydrogens (tertiary/aromatic N) is 2. The Morgan fingerprint density at radius 3 is 1.60 bits per heavy atom. The number of anilines is 1. The number of hydrogen-bond acceptors (Lipinski definition) is 2. The van der Waals surface area contributed by atoms with E-state index < -0.39 is 0 Å². The van der Waals surface area contributed by atoms with Crippen LogP contribution in [0.25, 0.3) is 21.8 Å². The van der Waals surface area contributed by atoms with Crippen molar-refractivity contribution >= 4 is 27.5 Å². The molecule has 0 bridgehead atoms. The molecule has 0 aliphatic heterocycles. The largest absolute Gasteiger partial charge is 0.496 e. The second-order valence-electron chi connectivity index (χ2n) is 8.55. The summed E-state index contributed by atoms with van der Waals surface area (Å²) in [5, 5.41) is 2.71. The number of benzene rings is 4. The molecule has 0 saturated carbocycles. The van der Waals surface area contributed by atoms with Crippen LogP contribution < -0.4 is 9.64 Å². The number of rotatable bonds is 4. The predicted octanol–water partition coefficient (Wildman–Crippen LogP) is 8.27. The van der Waals surface area contributed by atoms with E-state index in [0.29, 0.717) is 0 Å². The van der Waals surface area contributed by atoms with E-state index in [4.69, 9.17) is 4.74 Å². The van der Waals surface area contributed by atoms with Gasteiger partial charge in [-0.3, -0.25) is 0 Å². The third kappa shape index (κ3) is 6.24. The number of ether oxygens (including phenoxy) is 1. The highest BCUT2D eigenvalue weighted by Gasteiger charge is 2.07. The Morgan fingerprint density at radius 2 is 1.14 bits per heavy atom. The van der Waals surface area contributed by atoms with Crippen LogP contribution in [0.4, 0.5) is 5.69 Å². The van der Waals surface area contributed by atoms with Gasteiger partial charge in [0.15, 0.2) is 0 Å². The highest BCUT2D eigenvalue weighted by Crippen LogP contribution is 2.28. The summed E-state index contributed by atoms with van der Waals surface area (Å²) in [6.07, 6.45) is 0. The Morgan fingerprint density at radius 1 is 0.657 bits per heavy atom. The lowest BCUT2D eigenvalue weighted by Crippen LogP contribution is -2.16. The van der Waals surface area contributed by atoms with Crippen molar-refractivity contribution in [1.29, 1.82) is 0 Å². The number of aromatic nitrogens is 1. The van der Waals surface area contributed by atoms with E-state index in [1.807, 2.05) is 31.2 Å². The lowest BCUT2D eigenvalue weighted by Gasteiger charge is -2.18. The van der Waals surface area contributed by atoms with Gasteiger partial charge < -0.3 is 14.2 Å². The highest BCUT2D eigenvalue weighted by molar-refractivity contribution is 6.07. The van der Waals surface area contributed by atoms with Crippen LogP contribution in [0.15, 0.2) is 97.1 Å². The Hall–Kier alpha value is -3.72. The van der Waals surface area contributed by atoms with Gasteiger partial charge in [0.25, 0.3) is 0 Å². The minimum Gasteiger partial charge on any atom is -0.496 e. The standard InChI is InChI=1S/C14H13N.C10H15N.C8H10O/c1-2-15-13-9-5-3-7-11(13)12-8-4-6-10-14(12)15;1-4-11(3)10-8-6-5-7-9(10)2;1-7-5-3-4-6-8(7)9-2/h3-10H,2H2,1H3;5-8H,4H2,1-3H3;3-6H,1-2H3. The quantitative estimate of drug-likeness (QED) is 0.265. The predicted molar refractivity (Wildman–Crippen MR) is 153 cm³/mol. The van der Waals surface area contributed by atoms with Gasteiger partial charge in [-0.15, -0.1) is 0 Å². The van der Waals surface area contributed by atoms with Crippen molar-refractivity contribution in [3.8, 4) is 5.75 Å². The first-order valence-electron chi connectivity index (χ1n) is 12.3. The van der Waals surface area contributed by atoms with Gasteiger partial charge >= 0.3 is 0 Å². The van der Waals surface area contributed by atoms with Gasteiger partial charge in [-0.1, -0.05) is 72.8 Å². The van der Waals surface area contributed by atoms with Crippen LogP contribution in [0, 0.1) is 13.8 Å². The molecule has 0 unspecified atom stereocenters. The van der Waals surface area contributed by atoms with Crippen molar-refractivity contribution in [2.75, 3.05) is 25.6 Å². The normalized spacial score (nSPS) is 10.2. The monoisotopic (exact) mass is 466 g/mol. The van der Waals surface area contributed by atoms with Gasteiger partial charge in [0.1, 0.15) is 5.75 Å². The molecule has 0 amide bonds. The number of fused-ring (bicyclic) bond motifs is 3. The van der Waals surface area contributed by atoms with E-state index in [1.54, 1.807) is 7.11 Å². The molecule has 0 radical (unpaired) electrons. The molecule has 35 heavy (non-hydrogen) atoms. The molecule has 0 aliphatic rings. The lowest BCUT2D eigenvalue weighted by molar-refractivity contribution is 0.411. The third-order valence-electron chi connectivity index (χ3n) is 6.31. The molecule has 1 heterocycles. The minimum absolute atomic E-state index is 0.956. The summed E-state index contributed by atoms with van der Waals surface area (Å²) < 4.78 is 7.41. The zero-order valence-corrected chi connectivity index (χ0v) is 22.0. The van der Waals surface area contributed by atoms with Gasteiger partial charge in [-0.2, -0.15) is 0 Å². The van der Waals surface area contributed by atoms with Crippen LogP contribution >= 0.6 is 0 Å². The molecular formula is C32H38N2O. The summed E-state index contributed by atoms with van der Waals surface area (Å²) in [6, 6.07) is 33.6. The number of para-hydroxylation sites is 4. The minimum atomic E-state index is 0.956. The highest BCUT2D eigenvalue weighted by atomic mass is 16.5. The Balaban J connectivity index is 0.000000153. The smallest absolute Gasteiger partial charge is 0.121 e. The summed E-state index contributed by atoms with van der Waals surface area (Å²) in [5.41, 5.74) is 6.52. The first kappa shape index (κ1) is 25.9. The average Bonchev–Trinajstić information content (AvgIpc) is 3.23. The van der Waals surface area contributed by atoms with Crippen molar-refractivity contribution in [2.24, 2.45) is 0 Å². The molecule has 4 aromatic carbocycles. The first-order chi connectivity index (χ1) is 17.0. The maximum atomic E-state index is 5.04. The topological polar surface area (TPSA) is 17.4 Å². The van der Waals surface area contributed by atoms with Crippen LogP contribution in [0.3, 0.4) is 0 Å². The molecule has 3 nitrogen and oxygen atoms in total. The summed E-state index contributed by atoms with van der Waals surface area (Å²) in [6.45, 7) is 10.6. The molecule has 0 fully saturated rings. The fraction of sp³-hybridized carbons (Fsp3) is 0.250. The molecule has 0 aliphatic carbocycles. The van der Waals surface area contributed by atoms with Crippen molar-refractivity contribution in [2.45, 2.75) is 34.2 Å². The molecule has 0 N–H and O–H groups in total. The molecular weight excluding hydrogens is 428 g/mol. The van der Waals surface area contributed by atoms with Crippen molar-refractivity contribution in [3.63, 3.8) is 0 Å². The first-order valence-corrected chi connectivity index (χ1v) is 12.3. The second kappa shape index (κ2) is 12.7. The van der Waals surface area contributed by atoms with E-state index in [-0.39, 0.29) is 0 Å². The molecule has 3 heteroatoms. The molecule has 182 valence electrons. The van der Waals surface area contributed by atoms with Gasteiger partial charge in [-0.05, 0) is 63.1 Å². The number of methoxy groups -OCH3 is 1. The SMILES string of the molecule is CCN(C)c1ccccc1C.CCn1c2ccccc2c2ccccc21.COc1ccccc1C. The van der Waals surface area contributed by atoms with Gasteiger partial charge in [0.05, 0.1) is 7.11 Å². The molecule has 5 aromatic rings. The second-order valence-corrected chi connectivity index (χ2v) is 8.55. The summed E-state index contributed by atoms with van der Waals surface area (Å²) in [4.78, 5) is 2.25. The van der Waals surface area contributed by atoms with Gasteiger partial charge in [0.2, 0.25) is 0 Å². The molecule has 5 rings (SSSR count). The molecule has 0 spiro atoms. The van der Waals surface area contributed by atoms with E-state index >= 15 is 0 Å². The summed E-state index contributed by atoms with van der Waals surface area (Å²) in [7, 11) is 3.80. The fourth-order valence-corrected chi connectivity index (χ4v) is 4.29. The maximum Gasteiger partial charge on any atom is 0.121 e. The van der Waals surface area contributed by atoms with Gasteiger partial charge in [-0.25, -0.2) is 0 Å². The Kier molecular flexibility index (Phi) is 9.37. The van der Waals surface area contributed by atoms with E-state index in [0.717, 1.165) is 18.8 Å². The zero-order chi connectivity index (χ0) is 25.2. The van der Waals surface area contributed by atoms with Crippen LogP contribution in [0.5, 0.6) is 5.75 Å². The number of aryl methyl sites for hydroxylation is 3. The molecule has 0 saturated heterocycles. The Labute approximate surface area is 210 Å². The third-order valence-corrected chi connectivity index (χ3v) is 6.31. The number of hydrogen-bond donors (Lipinski definition) is 0. The lowest BCUT2D eigenvalue weighted by atomic mass is 10.2. The fourth-order valence-electron chi connectivity index (χ4n) is 4.29. The zero-order valence-electron chi connectivity index (χ0n) is 22.0. The van der Waals surface area contributed by atoms with E-state index in [2.05, 4.69) is 110 Å². The van der Waals surface area contributed by atoms with Crippen molar-refractivity contribution in [1.82, 2.24) is 4.57 Å². The van der Waals surface area contributed by atoms with E-state index in [9.17, 15) is 0 Å². The average molecular weight is 467 g/mol. The molecule has 0 atom stereocenters. The van der Waals surface area contributed by atoms with Crippen LogP contribution in [-0.4, -0.2) is 25.3 Å². The molecule has 1 aromatic heterocycles. The van der Waals surface area contributed by atoms with Gasteiger partial charge in [0, 0.05) is 47.6 Å².